The largest absolute Gasteiger partial charge is 0.493 e. The van der Waals surface area contributed by atoms with Gasteiger partial charge in [-0.25, -0.2) is 0 Å². The van der Waals surface area contributed by atoms with Crippen molar-refractivity contribution in [2.45, 2.75) is 33.4 Å². The molecule has 0 saturated heterocycles. The minimum absolute atomic E-state index is 0.0407. The second-order valence-electron chi connectivity index (χ2n) is 11.1. The van der Waals surface area contributed by atoms with Crippen LogP contribution < -0.4 is 20.3 Å². The van der Waals surface area contributed by atoms with E-state index < -0.39 is 5.97 Å². The van der Waals surface area contributed by atoms with E-state index in [9.17, 15) is 24.3 Å². The molecule has 0 aliphatic rings. The Balaban J connectivity index is 0.000000188. The van der Waals surface area contributed by atoms with E-state index in [0.29, 0.717) is 65.2 Å². The maximum Gasteiger partial charge on any atom is 0.323 e. The smallest absolute Gasteiger partial charge is 0.323 e. The molecule has 0 spiro atoms. The lowest BCUT2D eigenvalue weighted by Crippen LogP contribution is -2.17. The van der Waals surface area contributed by atoms with E-state index in [1.54, 1.807) is 51.6 Å². The first kappa shape index (κ1) is 34.0. The maximum absolute atomic E-state index is 12.9. The van der Waals surface area contributed by atoms with Gasteiger partial charge >= 0.3 is 5.97 Å². The molecule has 244 valence electrons. The summed E-state index contributed by atoms with van der Waals surface area (Å²) in [6.45, 7) is 3.45. The molecule has 48 heavy (non-hydrogen) atoms. The third-order valence-corrected chi connectivity index (χ3v) is 8.48. The average Bonchev–Trinajstić information content (AvgIpc) is 3.04. The standard InChI is InChI=1S/C19H15ClN2O3.C17H14ClNO4/c1-11-3-4-13-16(9-11)22(10-12(23)7-8-21)17-14(18(13)24)5-6-15(20)19(17)25-2;1-9-3-4-10-13(7-9)19(8-14(20)21)15-11(16(10)22)5-6-12(18)17(15)23-2/h3-6,9H,7,10H2,1-2H3;3-7H,8H2,1-2H3,(H,20,21). The van der Waals surface area contributed by atoms with Crippen LogP contribution in [0.1, 0.15) is 17.5 Å². The predicted molar refractivity (Wildman–Crippen MR) is 187 cm³/mol. The first-order chi connectivity index (χ1) is 22.9. The molecule has 4 aromatic carbocycles. The number of hydrogen-bond acceptors (Lipinski definition) is 7. The van der Waals surface area contributed by atoms with Gasteiger partial charge in [0.25, 0.3) is 0 Å². The Morgan fingerprint density at radius 3 is 1.54 bits per heavy atom. The average molecular weight is 687 g/mol. The molecular weight excluding hydrogens is 657 g/mol. The first-order valence-corrected chi connectivity index (χ1v) is 15.4. The molecule has 2 aromatic heterocycles. The number of aryl methyl sites for hydroxylation is 2. The zero-order valence-corrected chi connectivity index (χ0v) is 27.9. The number of aliphatic carboxylic acids is 1. The number of aromatic nitrogens is 2. The Bertz CT molecular complexity index is 2460. The van der Waals surface area contributed by atoms with Gasteiger partial charge in [-0.3, -0.25) is 19.2 Å². The molecule has 0 saturated carbocycles. The van der Waals surface area contributed by atoms with Gasteiger partial charge in [-0.15, -0.1) is 0 Å². The van der Waals surface area contributed by atoms with Crippen LogP contribution in [0.25, 0.3) is 43.6 Å². The summed E-state index contributed by atoms with van der Waals surface area (Å²) in [5.74, 6) is -0.632. The second kappa shape index (κ2) is 13.8. The highest BCUT2D eigenvalue weighted by atomic mass is 35.5. The summed E-state index contributed by atoms with van der Waals surface area (Å²) in [5.41, 5.74) is 3.57. The molecule has 0 atom stereocenters. The highest BCUT2D eigenvalue weighted by Gasteiger charge is 2.20. The van der Waals surface area contributed by atoms with Crippen molar-refractivity contribution in [1.82, 2.24) is 9.13 Å². The Kier molecular flexibility index (Phi) is 9.75. The maximum atomic E-state index is 12.9. The lowest BCUT2D eigenvalue weighted by molar-refractivity contribution is -0.137. The predicted octanol–water partition coefficient (Wildman–Crippen LogP) is 6.82. The molecule has 10 nitrogen and oxygen atoms in total. The lowest BCUT2D eigenvalue weighted by Gasteiger charge is -2.17. The number of benzene rings is 4. The summed E-state index contributed by atoms with van der Waals surface area (Å²) >= 11 is 12.4. The number of carbonyl (C=O) groups is 2. The van der Waals surface area contributed by atoms with Crippen LogP contribution in [0.2, 0.25) is 10.0 Å². The minimum atomic E-state index is -1.01. The van der Waals surface area contributed by atoms with Crippen molar-refractivity contribution < 1.29 is 24.2 Å². The highest BCUT2D eigenvalue weighted by Crippen LogP contribution is 2.35. The van der Waals surface area contributed by atoms with Crippen LogP contribution in [0.3, 0.4) is 0 Å². The number of ketones is 1. The number of nitrogens with zero attached hydrogens (tertiary/aromatic N) is 3. The van der Waals surface area contributed by atoms with Gasteiger partial charge in [0, 0.05) is 10.8 Å². The van der Waals surface area contributed by atoms with Gasteiger partial charge in [-0.2, -0.15) is 5.26 Å². The number of Topliss-reactive ketones (excluding diaryl/α,β-unsaturated/α-hetero) is 1. The van der Waals surface area contributed by atoms with Crippen LogP contribution in [0, 0.1) is 25.2 Å². The third-order valence-electron chi connectivity index (χ3n) is 7.89. The molecule has 6 rings (SSSR count). The van der Waals surface area contributed by atoms with Crippen LogP contribution in [0.5, 0.6) is 11.5 Å². The zero-order valence-electron chi connectivity index (χ0n) is 26.4. The van der Waals surface area contributed by atoms with Crippen molar-refractivity contribution >= 4 is 78.6 Å². The Morgan fingerprint density at radius 2 is 1.15 bits per heavy atom. The Labute approximate surface area is 283 Å². The molecule has 2 heterocycles. The molecule has 0 aliphatic carbocycles. The number of ether oxygens (including phenoxy) is 2. The normalized spacial score (nSPS) is 10.9. The van der Waals surface area contributed by atoms with Gasteiger partial charge in [0.05, 0.1) is 76.1 Å². The second-order valence-corrected chi connectivity index (χ2v) is 11.9. The number of rotatable bonds is 7. The van der Waals surface area contributed by atoms with Crippen molar-refractivity contribution in [2.75, 3.05) is 14.2 Å². The van der Waals surface area contributed by atoms with Crippen molar-refractivity contribution in [3.05, 3.63) is 102 Å². The topological polar surface area (TPSA) is 141 Å². The number of nitriles is 1. The summed E-state index contributed by atoms with van der Waals surface area (Å²) in [6.07, 6.45) is -0.205. The molecule has 0 amide bonds. The summed E-state index contributed by atoms with van der Waals surface area (Å²) in [6, 6.07) is 19.1. The van der Waals surface area contributed by atoms with E-state index >= 15 is 0 Å². The quantitative estimate of drug-likeness (QED) is 0.181. The zero-order chi connectivity index (χ0) is 34.9. The van der Waals surface area contributed by atoms with Gasteiger partial charge < -0.3 is 23.7 Å². The van der Waals surface area contributed by atoms with Crippen LogP contribution in [-0.4, -0.2) is 40.2 Å². The van der Waals surface area contributed by atoms with Crippen LogP contribution in [0.15, 0.2) is 70.3 Å². The highest BCUT2D eigenvalue weighted by molar-refractivity contribution is 6.33. The van der Waals surface area contributed by atoms with Gasteiger partial charge in [-0.1, -0.05) is 35.3 Å². The van der Waals surface area contributed by atoms with Gasteiger partial charge in [-0.05, 0) is 73.5 Å². The van der Waals surface area contributed by atoms with Crippen molar-refractivity contribution in [2.24, 2.45) is 0 Å². The van der Waals surface area contributed by atoms with E-state index in [0.717, 1.165) is 11.1 Å². The SMILES string of the molecule is COc1c(Cl)ccc2c(=O)c3ccc(C)cc3n(CC(=O)CC#N)c12.COc1c(Cl)ccc2c(=O)c3ccc(C)cc3n(CC(=O)O)c12. The minimum Gasteiger partial charge on any atom is -0.493 e. The molecular formula is C36H29Cl2N3O7. The van der Waals surface area contributed by atoms with E-state index in [2.05, 4.69) is 0 Å². The van der Waals surface area contributed by atoms with Gasteiger partial charge in [0.2, 0.25) is 0 Å². The van der Waals surface area contributed by atoms with E-state index in [1.165, 1.54) is 14.2 Å². The molecule has 0 unspecified atom stereocenters. The molecule has 0 aliphatic heterocycles. The molecule has 0 fully saturated rings. The van der Waals surface area contributed by atoms with Crippen LogP contribution >= 0.6 is 23.2 Å². The molecule has 6 aromatic rings. The third kappa shape index (κ3) is 6.18. The Morgan fingerprint density at radius 1 is 0.729 bits per heavy atom. The Hall–Kier alpha value is -5.37. The lowest BCUT2D eigenvalue weighted by atomic mass is 10.1. The van der Waals surface area contributed by atoms with Gasteiger partial charge in [0.1, 0.15) is 6.54 Å². The molecule has 12 heteroatoms. The fraction of sp³-hybridized carbons (Fsp3) is 0.194. The van der Waals surface area contributed by atoms with E-state index in [4.69, 9.17) is 37.9 Å². The number of carboxylic acids is 1. The first-order valence-electron chi connectivity index (χ1n) is 14.6. The van der Waals surface area contributed by atoms with Crippen molar-refractivity contribution in [3.63, 3.8) is 0 Å². The fourth-order valence-electron chi connectivity index (χ4n) is 5.81. The van der Waals surface area contributed by atoms with E-state index in [1.807, 2.05) is 38.1 Å². The van der Waals surface area contributed by atoms with Gasteiger partial charge in [0.15, 0.2) is 28.1 Å². The summed E-state index contributed by atoms with van der Waals surface area (Å²) in [7, 11) is 2.91. The molecule has 0 bridgehead atoms. The van der Waals surface area contributed by atoms with Crippen molar-refractivity contribution in [1.29, 1.82) is 5.26 Å². The number of carboxylic acid groups (broad SMARTS) is 1. The number of pyridine rings is 2. The fourth-order valence-corrected chi connectivity index (χ4v) is 6.27. The van der Waals surface area contributed by atoms with Crippen LogP contribution in [-0.2, 0) is 22.7 Å². The number of hydrogen-bond donors (Lipinski definition) is 1. The molecule has 0 radical (unpaired) electrons. The summed E-state index contributed by atoms with van der Waals surface area (Å²) in [4.78, 5) is 49.1. The summed E-state index contributed by atoms with van der Waals surface area (Å²) < 4.78 is 14.0. The van der Waals surface area contributed by atoms with E-state index in [-0.39, 0.29) is 36.2 Å². The molecule has 1 N–H and O–H groups in total. The van der Waals surface area contributed by atoms with Crippen LogP contribution in [0.4, 0.5) is 0 Å². The summed E-state index contributed by atoms with van der Waals surface area (Å²) in [5, 5.41) is 20.5. The monoisotopic (exact) mass is 685 g/mol. The number of carbonyl (C=O) groups excluding carboxylic acids is 1. The number of halogens is 2. The number of methoxy groups -OCH3 is 2. The number of fused-ring (bicyclic) bond motifs is 4. The van der Waals surface area contributed by atoms with Crippen molar-refractivity contribution in [3.8, 4) is 17.6 Å².